The number of thioether (sulfide) groups is 1. The lowest BCUT2D eigenvalue weighted by Gasteiger charge is -2.30. The van der Waals surface area contributed by atoms with Crippen LogP contribution < -0.4 is 5.32 Å². The van der Waals surface area contributed by atoms with Crippen LogP contribution in [0.5, 0.6) is 0 Å². The number of halogens is 1. The first-order chi connectivity index (χ1) is 9.60. The quantitative estimate of drug-likeness (QED) is 0.734. The van der Waals surface area contributed by atoms with Crippen LogP contribution in [0.25, 0.3) is 0 Å². The molecule has 0 heterocycles. The number of hydrogen-bond acceptors (Lipinski definition) is 3. The van der Waals surface area contributed by atoms with Crippen molar-refractivity contribution in [2.45, 2.75) is 42.2 Å². The van der Waals surface area contributed by atoms with Gasteiger partial charge in [-0.15, -0.1) is 11.8 Å². The summed E-state index contributed by atoms with van der Waals surface area (Å²) < 4.78 is 1.05. The van der Waals surface area contributed by atoms with E-state index in [1.165, 1.54) is 0 Å². The lowest BCUT2D eigenvalue weighted by Crippen LogP contribution is -2.57. The molecule has 1 atom stereocenters. The highest BCUT2D eigenvalue weighted by atomic mass is 79.9. The van der Waals surface area contributed by atoms with Crippen molar-refractivity contribution < 1.29 is 9.90 Å². The molecule has 0 aromatic heterocycles. The van der Waals surface area contributed by atoms with E-state index in [4.69, 9.17) is 0 Å². The van der Waals surface area contributed by atoms with E-state index in [1.807, 2.05) is 24.3 Å². The summed E-state index contributed by atoms with van der Waals surface area (Å²) in [6.45, 7) is 0. The Morgan fingerprint density at radius 3 is 2.45 bits per heavy atom. The molecule has 20 heavy (non-hydrogen) atoms. The van der Waals surface area contributed by atoms with Gasteiger partial charge >= 0.3 is 5.97 Å². The Labute approximate surface area is 131 Å². The molecule has 2 aliphatic rings. The molecule has 0 amide bonds. The summed E-state index contributed by atoms with van der Waals surface area (Å²) in [5, 5.41) is 13.2. The third-order valence-corrected chi connectivity index (χ3v) is 5.71. The van der Waals surface area contributed by atoms with Gasteiger partial charge in [-0.25, -0.2) is 0 Å². The minimum atomic E-state index is -0.737. The fourth-order valence-corrected chi connectivity index (χ4v) is 3.90. The van der Waals surface area contributed by atoms with Crippen molar-refractivity contribution in [3.8, 4) is 0 Å². The molecule has 2 N–H and O–H groups in total. The largest absolute Gasteiger partial charge is 0.480 e. The van der Waals surface area contributed by atoms with Crippen molar-refractivity contribution in [2.24, 2.45) is 5.92 Å². The highest BCUT2D eigenvalue weighted by molar-refractivity contribution is 9.10. The van der Waals surface area contributed by atoms with Crippen LogP contribution in [-0.2, 0) is 4.79 Å². The summed E-state index contributed by atoms with van der Waals surface area (Å²) in [5.74, 6) is 0.213. The van der Waals surface area contributed by atoms with E-state index in [-0.39, 0.29) is 0 Å². The maximum Gasteiger partial charge on any atom is 0.325 e. The number of carboxylic acid groups (broad SMARTS) is 1. The Hall–Kier alpha value is -0.520. The minimum absolute atomic E-state index is 0.295. The third kappa shape index (κ3) is 3.21. The molecular formula is C15H18BrNO2S. The Balaban J connectivity index is 1.71. The topological polar surface area (TPSA) is 49.3 Å². The Kier molecular flexibility index (Phi) is 4.11. The first-order valence-corrected chi connectivity index (χ1v) is 8.77. The molecule has 0 spiro atoms. The number of rotatable bonds is 7. The average molecular weight is 356 g/mol. The Bertz CT molecular complexity index is 499. The van der Waals surface area contributed by atoms with Crippen LogP contribution in [-0.4, -0.2) is 28.4 Å². The van der Waals surface area contributed by atoms with Crippen LogP contribution in [0, 0.1) is 5.92 Å². The van der Waals surface area contributed by atoms with Gasteiger partial charge in [0, 0.05) is 21.2 Å². The zero-order valence-corrected chi connectivity index (χ0v) is 13.5. The van der Waals surface area contributed by atoms with Gasteiger partial charge in [0.2, 0.25) is 0 Å². The molecule has 0 radical (unpaired) electrons. The number of carboxylic acids is 1. The van der Waals surface area contributed by atoms with Crippen LogP contribution in [0.1, 0.15) is 25.7 Å². The molecule has 1 unspecified atom stereocenters. The van der Waals surface area contributed by atoms with Gasteiger partial charge in [-0.2, -0.15) is 0 Å². The van der Waals surface area contributed by atoms with E-state index < -0.39 is 11.5 Å². The Morgan fingerprint density at radius 1 is 1.30 bits per heavy atom. The third-order valence-electron chi connectivity index (χ3n) is 3.98. The maximum atomic E-state index is 11.9. The molecule has 2 fully saturated rings. The SMILES string of the molecule is O=C(O)C(CSc1ccc(Br)cc1)(NC1CC1)C1CC1. The van der Waals surface area contributed by atoms with Crippen molar-refractivity contribution in [1.82, 2.24) is 5.32 Å². The molecule has 2 saturated carbocycles. The standard InChI is InChI=1S/C15H18BrNO2S/c16-11-3-7-13(8-4-11)20-9-15(14(18)19,10-1-2-10)17-12-5-6-12/h3-4,7-8,10,12,17H,1-2,5-6,9H2,(H,18,19). The van der Waals surface area contributed by atoms with E-state index in [1.54, 1.807) is 11.8 Å². The second kappa shape index (κ2) is 5.70. The van der Waals surface area contributed by atoms with Gasteiger partial charge in [-0.05, 0) is 55.9 Å². The number of benzene rings is 1. The fourth-order valence-electron chi connectivity index (χ4n) is 2.47. The highest BCUT2D eigenvalue weighted by Gasteiger charge is 2.53. The number of aliphatic carboxylic acids is 1. The summed E-state index contributed by atoms with van der Waals surface area (Å²) in [7, 11) is 0. The van der Waals surface area contributed by atoms with Crippen molar-refractivity contribution >= 4 is 33.7 Å². The zero-order valence-electron chi connectivity index (χ0n) is 11.1. The van der Waals surface area contributed by atoms with Crippen LogP contribution in [0.2, 0.25) is 0 Å². The van der Waals surface area contributed by atoms with Crippen molar-refractivity contribution in [3.63, 3.8) is 0 Å². The van der Waals surface area contributed by atoms with Crippen LogP contribution in [0.4, 0.5) is 0 Å². The molecule has 108 valence electrons. The summed E-state index contributed by atoms with van der Waals surface area (Å²) in [6.07, 6.45) is 4.30. The van der Waals surface area contributed by atoms with E-state index in [0.717, 1.165) is 35.1 Å². The van der Waals surface area contributed by atoms with E-state index >= 15 is 0 Å². The lowest BCUT2D eigenvalue weighted by atomic mass is 9.95. The van der Waals surface area contributed by atoms with Gasteiger partial charge in [0.25, 0.3) is 0 Å². The smallest absolute Gasteiger partial charge is 0.325 e. The molecule has 1 aromatic rings. The van der Waals surface area contributed by atoms with Crippen molar-refractivity contribution in [1.29, 1.82) is 0 Å². The maximum absolute atomic E-state index is 11.9. The summed E-state index contributed by atoms with van der Waals surface area (Å²) in [4.78, 5) is 13.0. The predicted octanol–water partition coefficient (Wildman–Crippen LogP) is 3.53. The summed E-state index contributed by atoms with van der Waals surface area (Å²) in [6, 6.07) is 8.47. The van der Waals surface area contributed by atoms with Crippen LogP contribution in [0.15, 0.2) is 33.6 Å². The number of hydrogen-bond donors (Lipinski definition) is 2. The van der Waals surface area contributed by atoms with E-state index in [2.05, 4.69) is 21.2 Å². The molecule has 3 nitrogen and oxygen atoms in total. The van der Waals surface area contributed by atoms with Gasteiger partial charge < -0.3 is 5.11 Å². The normalized spacial score (nSPS) is 21.4. The second-order valence-electron chi connectivity index (χ2n) is 5.71. The molecule has 3 rings (SSSR count). The average Bonchev–Trinajstić information content (AvgIpc) is 3.28. The summed E-state index contributed by atoms with van der Waals surface area (Å²) in [5.41, 5.74) is -0.737. The van der Waals surface area contributed by atoms with Gasteiger partial charge in [-0.1, -0.05) is 15.9 Å². The van der Waals surface area contributed by atoms with E-state index in [0.29, 0.717) is 17.7 Å². The highest BCUT2D eigenvalue weighted by Crippen LogP contribution is 2.44. The number of carbonyl (C=O) groups is 1. The van der Waals surface area contributed by atoms with Crippen LogP contribution in [0.3, 0.4) is 0 Å². The van der Waals surface area contributed by atoms with Crippen LogP contribution >= 0.6 is 27.7 Å². The summed E-state index contributed by atoms with van der Waals surface area (Å²) >= 11 is 5.06. The Morgan fingerprint density at radius 2 is 1.95 bits per heavy atom. The number of nitrogens with one attached hydrogen (secondary N) is 1. The molecular weight excluding hydrogens is 338 g/mol. The first kappa shape index (κ1) is 14.4. The molecule has 5 heteroatoms. The monoisotopic (exact) mass is 355 g/mol. The predicted molar refractivity (Wildman–Crippen MR) is 84.1 cm³/mol. The van der Waals surface area contributed by atoms with Gasteiger partial charge in [-0.3, -0.25) is 10.1 Å². The van der Waals surface area contributed by atoms with Crippen molar-refractivity contribution in [2.75, 3.05) is 5.75 Å². The molecule has 0 aliphatic heterocycles. The molecule has 0 bridgehead atoms. The van der Waals surface area contributed by atoms with Crippen molar-refractivity contribution in [3.05, 3.63) is 28.7 Å². The minimum Gasteiger partial charge on any atom is -0.480 e. The first-order valence-electron chi connectivity index (χ1n) is 6.99. The molecule has 1 aromatic carbocycles. The lowest BCUT2D eigenvalue weighted by molar-refractivity contribution is -0.145. The molecule has 0 saturated heterocycles. The van der Waals surface area contributed by atoms with Gasteiger partial charge in [0.05, 0.1) is 0 Å². The van der Waals surface area contributed by atoms with Gasteiger partial charge in [0.1, 0.15) is 5.54 Å². The van der Waals surface area contributed by atoms with E-state index in [9.17, 15) is 9.90 Å². The molecule has 2 aliphatic carbocycles. The van der Waals surface area contributed by atoms with Gasteiger partial charge in [0.15, 0.2) is 0 Å². The fraction of sp³-hybridized carbons (Fsp3) is 0.533. The zero-order chi connectivity index (χ0) is 14.2. The second-order valence-corrected chi connectivity index (χ2v) is 7.68.